The Morgan fingerprint density at radius 3 is 2.97 bits per heavy atom. The number of morpholine rings is 1. The average Bonchev–Trinajstić information content (AvgIpc) is 3.04. The van der Waals surface area contributed by atoms with Crippen LogP contribution in [-0.4, -0.2) is 78.5 Å². The number of rotatable bonds is 4. The number of halogens is 4. The van der Waals surface area contributed by atoms with Gasteiger partial charge in [-0.1, -0.05) is 0 Å². The van der Waals surface area contributed by atoms with Gasteiger partial charge in [-0.05, 0) is 24.6 Å². The van der Waals surface area contributed by atoms with Crippen LogP contribution in [0.5, 0.6) is 0 Å². The number of likely N-dealkylation sites (N-methyl/N-ethyl adjacent to an activating group) is 1. The molecule has 1 amide bonds. The number of benzene rings is 1. The van der Waals surface area contributed by atoms with Gasteiger partial charge >= 0.3 is 6.18 Å². The third-order valence-electron chi connectivity index (χ3n) is 5.50. The van der Waals surface area contributed by atoms with Crippen molar-refractivity contribution < 1.29 is 27.1 Å². The molecule has 2 fully saturated rings. The Balaban J connectivity index is 1.64. The summed E-state index contributed by atoms with van der Waals surface area (Å²) in [4.78, 5) is 19.7. The standard InChI is InChI=1S/C19H23F4N5O2/c1-26(11-19(21,22)23)17(29)10-28-15-8-12(20)2-3-13(15)25-18(28)27-6-4-16-14(9-27)24-5-7-30-16/h2-3,8,14,16,24H,4-7,9-11H2,1H3/t14-,16-/m1/s1. The number of nitrogens with one attached hydrogen (secondary N) is 1. The summed E-state index contributed by atoms with van der Waals surface area (Å²) in [6, 6.07) is 4.10. The van der Waals surface area contributed by atoms with Crippen LogP contribution < -0.4 is 10.2 Å². The molecule has 0 unspecified atom stereocenters. The number of fused-ring (bicyclic) bond motifs is 2. The summed E-state index contributed by atoms with van der Waals surface area (Å²) in [6.45, 7) is 0.855. The maximum atomic E-state index is 13.9. The number of piperidine rings is 1. The highest BCUT2D eigenvalue weighted by Crippen LogP contribution is 2.28. The molecule has 2 atom stereocenters. The monoisotopic (exact) mass is 429 g/mol. The van der Waals surface area contributed by atoms with Gasteiger partial charge in [0.15, 0.2) is 0 Å². The number of anilines is 1. The van der Waals surface area contributed by atoms with E-state index < -0.39 is 24.4 Å². The van der Waals surface area contributed by atoms with E-state index in [2.05, 4.69) is 10.3 Å². The molecule has 2 aliphatic rings. The topological polar surface area (TPSA) is 62.6 Å². The lowest BCUT2D eigenvalue weighted by atomic mass is 10.0. The van der Waals surface area contributed by atoms with Crippen LogP contribution in [0.1, 0.15) is 6.42 Å². The van der Waals surface area contributed by atoms with E-state index in [1.807, 2.05) is 4.90 Å². The van der Waals surface area contributed by atoms with Gasteiger partial charge in [0.1, 0.15) is 18.9 Å². The molecular weight excluding hydrogens is 406 g/mol. The normalized spacial score (nSPS) is 22.2. The van der Waals surface area contributed by atoms with Gasteiger partial charge in [0.25, 0.3) is 0 Å². The zero-order valence-corrected chi connectivity index (χ0v) is 16.5. The van der Waals surface area contributed by atoms with Crippen molar-refractivity contribution in [1.29, 1.82) is 0 Å². The van der Waals surface area contributed by atoms with Gasteiger partial charge in [0.2, 0.25) is 11.9 Å². The third kappa shape index (κ3) is 4.36. The number of carbonyl (C=O) groups excluding carboxylic acids is 1. The van der Waals surface area contributed by atoms with Crippen molar-refractivity contribution in [3.05, 3.63) is 24.0 Å². The van der Waals surface area contributed by atoms with E-state index in [-0.39, 0.29) is 18.7 Å². The van der Waals surface area contributed by atoms with E-state index in [1.54, 1.807) is 0 Å². The first-order valence-electron chi connectivity index (χ1n) is 9.78. The quantitative estimate of drug-likeness (QED) is 0.751. The Kier molecular flexibility index (Phi) is 5.58. The van der Waals surface area contributed by atoms with Crippen LogP contribution >= 0.6 is 0 Å². The molecule has 4 rings (SSSR count). The molecule has 30 heavy (non-hydrogen) atoms. The molecule has 0 spiro atoms. The van der Waals surface area contributed by atoms with Gasteiger partial charge < -0.3 is 24.4 Å². The first-order chi connectivity index (χ1) is 14.2. The number of aromatic nitrogens is 2. The molecule has 3 heterocycles. The number of hydrogen-bond acceptors (Lipinski definition) is 5. The number of nitrogens with zero attached hydrogens (tertiary/aromatic N) is 4. The number of alkyl halides is 3. The second-order valence-corrected chi connectivity index (χ2v) is 7.70. The Hall–Kier alpha value is -2.40. The summed E-state index contributed by atoms with van der Waals surface area (Å²) in [5.41, 5.74) is 0.849. The summed E-state index contributed by atoms with van der Waals surface area (Å²) in [5, 5.41) is 3.40. The Labute approximate surface area is 170 Å². The highest BCUT2D eigenvalue weighted by molar-refractivity contribution is 5.83. The summed E-state index contributed by atoms with van der Waals surface area (Å²) in [6.07, 6.45) is -3.66. The third-order valence-corrected chi connectivity index (χ3v) is 5.50. The Morgan fingerprint density at radius 1 is 1.40 bits per heavy atom. The Bertz CT molecular complexity index is 932. The van der Waals surface area contributed by atoms with E-state index in [1.165, 1.54) is 22.8 Å². The number of carbonyl (C=O) groups is 1. The van der Waals surface area contributed by atoms with Gasteiger partial charge in [0.05, 0.1) is 29.8 Å². The fourth-order valence-corrected chi connectivity index (χ4v) is 4.06. The number of amides is 1. The molecule has 1 aromatic carbocycles. The Morgan fingerprint density at radius 2 is 2.20 bits per heavy atom. The second kappa shape index (κ2) is 8.03. The smallest absolute Gasteiger partial charge is 0.375 e. The molecule has 2 aromatic rings. The summed E-state index contributed by atoms with van der Waals surface area (Å²) in [7, 11) is 1.10. The van der Waals surface area contributed by atoms with Crippen LogP contribution in [-0.2, 0) is 16.1 Å². The number of hydrogen-bond donors (Lipinski definition) is 1. The summed E-state index contributed by atoms with van der Waals surface area (Å²) >= 11 is 0. The van der Waals surface area contributed by atoms with Crippen molar-refractivity contribution in [2.45, 2.75) is 31.3 Å². The molecule has 164 valence electrons. The maximum absolute atomic E-state index is 13.9. The fourth-order valence-electron chi connectivity index (χ4n) is 4.06. The first-order valence-corrected chi connectivity index (χ1v) is 9.78. The van der Waals surface area contributed by atoms with E-state index >= 15 is 0 Å². The first kappa shape index (κ1) is 20.9. The van der Waals surface area contributed by atoms with Gasteiger partial charge in [-0.15, -0.1) is 0 Å². The number of imidazole rings is 1. The molecule has 2 saturated heterocycles. The molecule has 0 radical (unpaired) electrons. The zero-order chi connectivity index (χ0) is 21.5. The van der Waals surface area contributed by atoms with Crippen LogP contribution in [0, 0.1) is 5.82 Å². The van der Waals surface area contributed by atoms with Crippen LogP contribution in [0.4, 0.5) is 23.5 Å². The van der Waals surface area contributed by atoms with Crippen LogP contribution in [0.15, 0.2) is 18.2 Å². The highest BCUT2D eigenvalue weighted by atomic mass is 19.4. The minimum absolute atomic E-state index is 0.0844. The van der Waals surface area contributed by atoms with Crippen molar-refractivity contribution in [1.82, 2.24) is 19.8 Å². The lowest BCUT2D eigenvalue weighted by Crippen LogP contribution is -2.58. The minimum Gasteiger partial charge on any atom is -0.375 e. The number of ether oxygens (including phenoxy) is 1. The molecule has 1 N–H and O–H groups in total. The van der Waals surface area contributed by atoms with Gasteiger partial charge in [-0.2, -0.15) is 13.2 Å². The zero-order valence-electron chi connectivity index (χ0n) is 16.5. The molecule has 0 aliphatic carbocycles. The molecule has 2 aliphatic heterocycles. The van der Waals surface area contributed by atoms with Crippen molar-refractivity contribution in [3.63, 3.8) is 0 Å². The van der Waals surface area contributed by atoms with E-state index in [0.717, 1.165) is 20.0 Å². The van der Waals surface area contributed by atoms with Crippen molar-refractivity contribution in [3.8, 4) is 0 Å². The van der Waals surface area contributed by atoms with Gasteiger partial charge in [-0.25, -0.2) is 9.37 Å². The van der Waals surface area contributed by atoms with Crippen molar-refractivity contribution in [2.75, 3.05) is 44.7 Å². The van der Waals surface area contributed by atoms with Crippen molar-refractivity contribution >= 4 is 22.9 Å². The summed E-state index contributed by atoms with van der Waals surface area (Å²) < 4.78 is 59.2. The van der Waals surface area contributed by atoms with Crippen LogP contribution in [0.25, 0.3) is 11.0 Å². The van der Waals surface area contributed by atoms with Crippen molar-refractivity contribution in [2.24, 2.45) is 0 Å². The molecule has 11 heteroatoms. The summed E-state index contributed by atoms with van der Waals surface area (Å²) in [5.74, 6) is -0.798. The molecule has 0 bridgehead atoms. The fraction of sp³-hybridized carbons (Fsp3) is 0.579. The molecule has 0 saturated carbocycles. The predicted octanol–water partition coefficient (Wildman–Crippen LogP) is 1.76. The molecule has 7 nitrogen and oxygen atoms in total. The van der Waals surface area contributed by atoms with E-state index in [0.29, 0.717) is 41.6 Å². The van der Waals surface area contributed by atoms with Crippen LogP contribution in [0.2, 0.25) is 0 Å². The lowest BCUT2D eigenvalue weighted by Gasteiger charge is -2.42. The lowest BCUT2D eigenvalue weighted by molar-refractivity contribution is -0.158. The highest BCUT2D eigenvalue weighted by Gasteiger charge is 2.35. The van der Waals surface area contributed by atoms with Gasteiger partial charge in [0, 0.05) is 26.7 Å². The average molecular weight is 429 g/mol. The predicted molar refractivity (Wildman–Crippen MR) is 102 cm³/mol. The van der Waals surface area contributed by atoms with Gasteiger partial charge in [-0.3, -0.25) is 4.79 Å². The SMILES string of the molecule is CN(CC(F)(F)F)C(=O)Cn1c(N2CC[C@H]3OCCN[C@@H]3C2)nc2ccc(F)cc21. The van der Waals surface area contributed by atoms with E-state index in [9.17, 15) is 22.4 Å². The second-order valence-electron chi connectivity index (χ2n) is 7.70. The van der Waals surface area contributed by atoms with E-state index in [4.69, 9.17) is 4.74 Å². The van der Waals surface area contributed by atoms with Crippen LogP contribution in [0.3, 0.4) is 0 Å². The maximum Gasteiger partial charge on any atom is 0.406 e. The molecule has 1 aromatic heterocycles. The largest absolute Gasteiger partial charge is 0.406 e. The minimum atomic E-state index is -4.50. The molecular formula is C19H23F4N5O2.